The van der Waals surface area contributed by atoms with Gasteiger partial charge in [0.05, 0.1) is 12.1 Å². The second kappa shape index (κ2) is 5.87. The molecule has 1 aromatic carbocycles. The van der Waals surface area contributed by atoms with Crippen LogP contribution in [0.25, 0.3) is 0 Å². The zero-order chi connectivity index (χ0) is 14.7. The number of amides is 1. The zero-order valence-corrected chi connectivity index (χ0v) is 11.6. The number of carbonyl (C=O) groups excluding carboxylic acids is 1. The van der Waals surface area contributed by atoms with E-state index in [0.717, 1.165) is 0 Å². The number of benzene rings is 1. The number of halogens is 2. The Kier molecular flexibility index (Phi) is 4.19. The topological polar surface area (TPSA) is 79.5 Å². The maximum atomic E-state index is 13.5. The number of furan rings is 1. The SMILES string of the molecule is O=C(O)c1ccc(CNC(=O)c2ccc(Br)cc2F)o1. The van der Waals surface area contributed by atoms with Gasteiger partial charge in [-0.25, -0.2) is 9.18 Å². The summed E-state index contributed by atoms with van der Waals surface area (Å²) < 4.78 is 19.0. The molecule has 0 aliphatic rings. The Morgan fingerprint density at radius 2 is 2.05 bits per heavy atom. The van der Waals surface area contributed by atoms with E-state index in [1.54, 1.807) is 6.07 Å². The van der Waals surface area contributed by atoms with Crippen molar-refractivity contribution in [2.45, 2.75) is 6.54 Å². The molecular weight excluding hydrogens is 333 g/mol. The second-order valence-electron chi connectivity index (χ2n) is 3.88. The minimum Gasteiger partial charge on any atom is -0.475 e. The van der Waals surface area contributed by atoms with E-state index in [9.17, 15) is 14.0 Å². The molecule has 1 heterocycles. The summed E-state index contributed by atoms with van der Waals surface area (Å²) in [5, 5.41) is 11.1. The van der Waals surface area contributed by atoms with Gasteiger partial charge in [-0.2, -0.15) is 0 Å². The second-order valence-corrected chi connectivity index (χ2v) is 4.79. The minimum atomic E-state index is -1.19. The quantitative estimate of drug-likeness (QED) is 0.896. The molecule has 2 rings (SSSR count). The van der Waals surface area contributed by atoms with Crippen LogP contribution in [0, 0.1) is 5.82 Å². The van der Waals surface area contributed by atoms with E-state index in [4.69, 9.17) is 9.52 Å². The van der Waals surface area contributed by atoms with Crippen LogP contribution in [0.5, 0.6) is 0 Å². The lowest BCUT2D eigenvalue weighted by molar-refractivity contribution is 0.0660. The van der Waals surface area contributed by atoms with Gasteiger partial charge in [0.25, 0.3) is 5.91 Å². The van der Waals surface area contributed by atoms with Crippen LogP contribution in [-0.4, -0.2) is 17.0 Å². The number of carbonyl (C=O) groups is 2. The number of aromatic carboxylic acids is 1. The Labute approximate surface area is 121 Å². The first-order valence-electron chi connectivity index (χ1n) is 5.52. The summed E-state index contributed by atoms with van der Waals surface area (Å²) in [4.78, 5) is 22.4. The maximum Gasteiger partial charge on any atom is 0.371 e. The highest BCUT2D eigenvalue weighted by Gasteiger charge is 2.13. The first-order valence-corrected chi connectivity index (χ1v) is 6.32. The molecule has 5 nitrogen and oxygen atoms in total. The van der Waals surface area contributed by atoms with Crippen molar-refractivity contribution in [1.29, 1.82) is 0 Å². The first kappa shape index (κ1) is 14.3. The van der Waals surface area contributed by atoms with Gasteiger partial charge in [-0.15, -0.1) is 0 Å². The number of hydrogen-bond acceptors (Lipinski definition) is 3. The lowest BCUT2D eigenvalue weighted by Crippen LogP contribution is -2.23. The normalized spacial score (nSPS) is 10.3. The number of carboxylic acids is 1. The van der Waals surface area contributed by atoms with Crippen LogP contribution in [0.1, 0.15) is 26.7 Å². The molecule has 1 amide bonds. The lowest BCUT2D eigenvalue weighted by Gasteiger charge is -2.04. The Morgan fingerprint density at radius 3 is 2.65 bits per heavy atom. The van der Waals surface area contributed by atoms with E-state index >= 15 is 0 Å². The molecule has 0 aliphatic carbocycles. The van der Waals surface area contributed by atoms with Crippen LogP contribution in [0.3, 0.4) is 0 Å². The molecule has 7 heteroatoms. The molecule has 0 fully saturated rings. The minimum absolute atomic E-state index is 0.0262. The molecule has 0 saturated heterocycles. The number of hydrogen-bond donors (Lipinski definition) is 2. The highest BCUT2D eigenvalue weighted by atomic mass is 79.9. The molecule has 2 N–H and O–H groups in total. The van der Waals surface area contributed by atoms with Crippen molar-refractivity contribution < 1.29 is 23.5 Å². The maximum absolute atomic E-state index is 13.5. The van der Waals surface area contributed by atoms with Crippen molar-refractivity contribution in [3.63, 3.8) is 0 Å². The van der Waals surface area contributed by atoms with Crippen LogP contribution in [0.4, 0.5) is 4.39 Å². The molecule has 0 bridgehead atoms. The molecular formula is C13H9BrFNO4. The molecule has 0 aliphatic heterocycles. The van der Waals surface area contributed by atoms with Gasteiger partial charge >= 0.3 is 5.97 Å². The van der Waals surface area contributed by atoms with Gasteiger partial charge in [0.1, 0.15) is 11.6 Å². The van der Waals surface area contributed by atoms with Gasteiger partial charge in [-0.1, -0.05) is 15.9 Å². The number of carboxylic acid groups (broad SMARTS) is 1. The number of rotatable bonds is 4. The zero-order valence-electron chi connectivity index (χ0n) is 10.0. The van der Waals surface area contributed by atoms with E-state index in [-0.39, 0.29) is 23.6 Å². The third-order valence-corrected chi connectivity index (χ3v) is 2.96. The molecule has 20 heavy (non-hydrogen) atoms. The van der Waals surface area contributed by atoms with E-state index in [1.165, 1.54) is 24.3 Å². The van der Waals surface area contributed by atoms with Crippen molar-refractivity contribution in [2.75, 3.05) is 0 Å². The summed E-state index contributed by atoms with van der Waals surface area (Å²) in [5.74, 6) is -2.40. The van der Waals surface area contributed by atoms with Gasteiger partial charge < -0.3 is 14.8 Å². The van der Waals surface area contributed by atoms with Gasteiger partial charge in [0, 0.05) is 4.47 Å². The van der Waals surface area contributed by atoms with E-state index in [0.29, 0.717) is 4.47 Å². The van der Waals surface area contributed by atoms with Gasteiger partial charge in [0.15, 0.2) is 0 Å². The van der Waals surface area contributed by atoms with Crippen LogP contribution in [0.2, 0.25) is 0 Å². The summed E-state index contributed by atoms with van der Waals surface area (Å²) in [7, 11) is 0. The van der Waals surface area contributed by atoms with Crippen LogP contribution >= 0.6 is 15.9 Å². The van der Waals surface area contributed by atoms with Crippen molar-refractivity contribution in [3.8, 4) is 0 Å². The monoisotopic (exact) mass is 341 g/mol. The van der Waals surface area contributed by atoms with Gasteiger partial charge in [0.2, 0.25) is 5.76 Å². The fourth-order valence-electron chi connectivity index (χ4n) is 1.52. The summed E-state index contributed by atoms with van der Waals surface area (Å²) in [5.41, 5.74) is -0.0989. The van der Waals surface area contributed by atoms with Crippen molar-refractivity contribution in [3.05, 3.63) is 57.7 Å². The Bertz CT molecular complexity index is 668. The molecule has 0 spiro atoms. The third kappa shape index (κ3) is 3.24. The van der Waals surface area contributed by atoms with Gasteiger partial charge in [-0.3, -0.25) is 4.79 Å². The molecule has 0 saturated carbocycles. The average molecular weight is 342 g/mol. The van der Waals surface area contributed by atoms with Crippen LogP contribution in [0.15, 0.2) is 39.2 Å². The standard InChI is InChI=1S/C13H9BrFNO4/c14-7-1-3-9(10(15)5-7)12(17)16-6-8-2-4-11(20-8)13(18)19/h1-5H,6H2,(H,16,17)(H,18,19). The van der Waals surface area contributed by atoms with Crippen molar-refractivity contribution in [1.82, 2.24) is 5.32 Å². The Morgan fingerprint density at radius 1 is 1.30 bits per heavy atom. The third-order valence-electron chi connectivity index (χ3n) is 2.47. The lowest BCUT2D eigenvalue weighted by atomic mass is 10.2. The summed E-state index contributed by atoms with van der Waals surface area (Å²) in [6, 6.07) is 6.79. The van der Waals surface area contributed by atoms with E-state index < -0.39 is 17.7 Å². The molecule has 0 radical (unpaired) electrons. The van der Waals surface area contributed by atoms with E-state index in [2.05, 4.69) is 21.2 Å². The molecule has 0 unspecified atom stereocenters. The van der Waals surface area contributed by atoms with Crippen molar-refractivity contribution >= 4 is 27.8 Å². The molecule has 0 atom stereocenters. The highest BCUT2D eigenvalue weighted by molar-refractivity contribution is 9.10. The predicted molar refractivity (Wildman–Crippen MR) is 70.9 cm³/mol. The van der Waals surface area contributed by atoms with E-state index in [1.807, 2.05) is 0 Å². The summed E-state index contributed by atoms with van der Waals surface area (Å²) in [6.45, 7) is -0.0262. The molecule has 1 aromatic heterocycles. The van der Waals surface area contributed by atoms with Crippen LogP contribution in [-0.2, 0) is 6.54 Å². The molecule has 104 valence electrons. The smallest absolute Gasteiger partial charge is 0.371 e. The fraction of sp³-hybridized carbons (Fsp3) is 0.0769. The average Bonchev–Trinajstić information content (AvgIpc) is 2.85. The highest BCUT2D eigenvalue weighted by Crippen LogP contribution is 2.15. The van der Waals surface area contributed by atoms with Crippen LogP contribution < -0.4 is 5.32 Å². The Hall–Kier alpha value is -2.15. The largest absolute Gasteiger partial charge is 0.475 e. The summed E-state index contributed by atoms with van der Waals surface area (Å²) >= 11 is 3.10. The fourth-order valence-corrected chi connectivity index (χ4v) is 1.86. The van der Waals surface area contributed by atoms with Gasteiger partial charge in [-0.05, 0) is 30.3 Å². The predicted octanol–water partition coefficient (Wildman–Crippen LogP) is 2.81. The number of nitrogens with one attached hydrogen (secondary N) is 1. The Balaban J connectivity index is 2.02. The molecule has 2 aromatic rings. The summed E-state index contributed by atoms with van der Waals surface area (Å²) in [6.07, 6.45) is 0. The van der Waals surface area contributed by atoms with Crippen molar-refractivity contribution in [2.24, 2.45) is 0 Å². The first-order chi connectivity index (χ1) is 9.47.